The Morgan fingerprint density at radius 2 is 1.74 bits per heavy atom. The van der Waals surface area contributed by atoms with Crippen molar-refractivity contribution in [1.29, 1.82) is 0 Å². The molecule has 0 radical (unpaired) electrons. The molecule has 0 N–H and O–H groups in total. The molecule has 0 bridgehead atoms. The zero-order chi connectivity index (χ0) is 13.9. The molecule has 0 atom stereocenters. The Morgan fingerprint density at radius 3 is 2.42 bits per heavy atom. The van der Waals surface area contributed by atoms with Crippen LogP contribution in [0.15, 0.2) is 18.2 Å². The van der Waals surface area contributed by atoms with E-state index in [1.54, 1.807) is 13.2 Å². The summed E-state index contributed by atoms with van der Waals surface area (Å²) in [5.41, 5.74) is 0.496. The fourth-order valence-electron chi connectivity index (χ4n) is 2.01. The fourth-order valence-corrected chi connectivity index (χ4v) is 2.01. The van der Waals surface area contributed by atoms with Crippen molar-refractivity contribution in [3.05, 3.63) is 23.8 Å². The van der Waals surface area contributed by atoms with Gasteiger partial charge in [-0.2, -0.15) is 0 Å². The average molecular weight is 264 g/mol. The molecular weight excluding hydrogens is 240 g/mol. The van der Waals surface area contributed by atoms with Gasteiger partial charge in [0.2, 0.25) is 0 Å². The number of aldehydes is 1. The number of hydrogen-bond donors (Lipinski definition) is 0. The van der Waals surface area contributed by atoms with E-state index in [2.05, 4.69) is 6.92 Å². The van der Waals surface area contributed by atoms with Crippen LogP contribution in [0.2, 0.25) is 0 Å². The van der Waals surface area contributed by atoms with Gasteiger partial charge in [0.1, 0.15) is 11.5 Å². The van der Waals surface area contributed by atoms with E-state index < -0.39 is 0 Å². The molecule has 106 valence electrons. The molecule has 0 fully saturated rings. The second-order valence-corrected chi connectivity index (χ2v) is 4.61. The van der Waals surface area contributed by atoms with E-state index in [-0.39, 0.29) is 0 Å². The number of rotatable bonds is 10. The lowest BCUT2D eigenvalue weighted by Gasteiger charge is -2.11. The highest BCUT2D eigenvalue weighted by Gasteiger charge is 2.08. The second-order valence-electron chi connectivity index (χ2n) is 4.61. The Hall–Kier alpha value is -1.51. The SMILES string of the molecule is CCCCCCCCOc1cccc(OC)c1C=O. The van der Waals surface area contributed by atoms with E-state index in [1.165, 1.54) is 32.1 Å². The summed E-state index contributed by atoms with van der Waals surface area (Å²) in [4.78, 5) is 11.1. The maximum Gasteiger partial charge on any atom is 0.157 e. The summed E-state index contributed by atoms with van der Waals surface area (Å²) < 4.78 is 10.8. The lowest BCUT2D eigenvalue weighted by Crippen LogP contribution is -2.01. The molecule has 0 amide bonds. The topological polar surface area (TPSA) is 35.5 Å². The minimum Gasteiger partial charge on any atom is -0.496 e. The smallest absolute Gasteiger partial charge is 0.157 e. The molecule has 0 saturated carbocycles. The maximum atomic E-state index is 11.1. The van der Waals surface area contributed by atoms with Crippen LogP contribution in [0, 0.1) is 0 Å². The standard InChI is InChI=1S/C16H24O3/c1-3-4-5-6-7-8-12-19-16-11-9-10-15(18-2)14(16)13-17/h9-11,13H,3-8,12H2,1-2H3. The van der Waals surface area contributed by atoms with Gasteiger partial charge in [0, 0.05) is 0 Å². The summed E-state index contributed by atoms with van der Waals surface area (Å²) >= 11 is 0. The lowest BCUT2D eigenvalue weighted by molar-refractivity contribution is 0.111. The van der Waals surface area contributed by atoms with Crippen LogP contribution in [0.5, 0.6) is 11.5 Å². The maximum absolute atomic E-state index is 11.1. The molecule has 0 heterocycles. The summed E-state index contributed by atoms with van der Waals surface area (Å²) in [5.74, 6) is 1.18. The fraction of sp³-hybridized carbons (Fsp3) is 0.562. The van der Waals surface area contributed by atoms with Crippen LogP contribution in [-0.2, 0) is 0 Å². The minimum atomic E-state index is 0.496. The molecule has 1 aromatic rings. The zero-order valence-electron chi connectivity index (χ0n) is 12.0. The van der Waals surface area contributed by atoms with Gasteiger partial charge < -0.3 is 9.47 Å². The Bertz CT molecular complexity index is 374. The predicted octanol–water partition coefficient (Wildman–Crippen LogP) is 4.25. The van der Waals surface area contributed by atoms with E-state index in [9.17, 15) is 4.79 Å². The van der Waals surface area contributed by atoms with Crippen molar-refractivity contribution in [2.75, 3.05) is 13.7 Å². The summed E-state index contributed by atoms with van der Waals surface area (Å²) in [6, 6.07) is 5.41. The molecule has 0 unspecified atom stereocenters. The lowest BCUT2D eigenvalue weighted by atomic mass is 10.1. The molecule has 0 aliphatic rings. The van der Waals surface area contributed by atoms with Gasteiger partial charge in [-0.3, -0.25) is 4.79 Å². The van der Waals surface area contributed by atoms with Crippen LogP contribution < -0.4 is 9.47 Å². The Morgan fingerprint density at radius 1 is 1.05 bits per heavy atom. The van der Waals surface area contributed by atoms with Gasteiger partial charge in [0.25, 0.3) is 0 Å². The molecule has 0 spiro atoms. The quantitative estimate of drug-likeness (QED) is 0.468. The van der Waals surface area contributed by atoms with E-state index in [0.717, 1.165) is 12.7 Å². The molecule has 0 aliphatic heterocycles. The van der Waals surface area contributed by atoms with Gasteiger partial charge in [0.05, 0.1) is 19.3 Å². The molecule has 19 heavy (non-hydrogen) atoms. The van der Waals surface area contributed by atoms with Gasteiger partial charge in [-0.15, -0.1) is 0 Å². The first-order chi connectivity index (χ1) is 9.33. The molecule has 0 saturated heterocycles. The van der Waals surface area contributed by atoms with Gasteiger partial charge in [-0.05, 0) is 18.6 Å². The van der Waals surface area contributed by atoms with E-state index in [4.69, 9.17) is 9.47 Å². The molecular formula is C16H24O3. The highest BCUT2D eigenvalue weighted by atomic mass is 16.5. The third kappa shape index (κ3) is 5.33. The number of benzene rings is 1. The van der Waals surface area contributed by atoms with Gasteiger partial charge >= 0.3 is 0 Å². The number of hydrogen-bond acceptors (Lipinski definition) is 3. The summed E-state index contributed by atoms with van der Waals surface area (Å²) in [6.07, 6.45) is 8.13. The van der Waals surface area contributed by atoms with Crippen LogP contribution in [0.25, 0.3) is 0 Å². The first-order valence-corrected chi connectivity index (χ1v) is 7.08. The highest BCUT2D eigenvalue weighted by Crippen LogP contribution is 2.26. The second kappa shape index (κ2) is 9.42. The predicted molar refractivity (Wildman–Crippen MR) is 77.3 cm³/mol. The van der Waals surface area contributed by atoms with Crippen molar-refractivity contribution < 1.29 is 14.3 Å². The minimum absolute atomic E-state index is 0.496. The Labute approximate surface area is 115 Å². The van der Waals surface area contributed by atoms with E-state index >= 15 is 0 Å². The molecule has 0 aliphatic carbocycles. The molecule has 1 aromatic carbocycles. The van der Waals surface area contributed by atoms with Crippen LogP contribution in [0.3, 0.4) is 0 Å². The van der Waals surface area contributed by atoms with E-state index in [1.807, 2.05) is 12.1 Å². The van der Waals surface area contributed by atoms with E-state index in [0.29, 0.717) is 23.7 Å². The molecule has 1 rings (SSSR count). The average Bonchev–Trinajstić information content (AvgIpc) is 2.45. The van der Waals surface area contributed by atoms with Crippen LogP contribution in [0.4, 0.5) is 0 Å². The monoisotopic (exact) mass is 264 g/mol. The van der Waals surface area contributed by atoms with Gasteiger partial charge in [-0.25, -0.2) is 0 Å². The molecule has 3 nitrogen and oxygen atoms in total. The van der Waals surface area contributed by atoms with Crippen molar-refractivity contribution in [3.63, 3.8) is 0 Å². The number of methoxy groups -OCH3 is 1. The van der Waals surface area contributed by atoms with Crippen molar-refractivity contribution in [2.45, 2.75) is 45.4 Å². The summed E-state index contributed by atoms with van der Waals surface area (Å²) in [7, 11) is 1.56. The first-order valence-electron chi connectivity index (χ1n) is 7.08. The third-order valence-corrected chi connectivity index (χ3v) is 3.12. The largest absolute Gasteiger partial charge is 0.496 e. The summed E-state index contributed by atoms with van der Waals surface area (Å²) in [5, 5.41) is 0. The number of carbonyl (C=O) groups excluding carboxylic acids is 1. The first kappa shape index (κ1) is 15.5. The molecule has 0 aromatic heterocycles. The van der Waals surface area contributed by atoms with Gasteiger partial charge in [0.15, 0.2) is 6.29 Å². The van der Waals surface area contributed by atoms with Crippen LogP contribution >= 0.6 is 0 Å². The third-order valence-electron chi connectivity index (χ3n) is 3.12. The Kier molecular flexibility index (Phi) is 7.71. The van der Waals surface area contributed by atoms with Crippen LogP contribution in [0.1, 0.15) is 55.8 Å². The number of unbranched alkanes of at least 4 members (excludes halogenated alkanes) is 5. The van der Waals surface area contributed by atoms with Gasteiger partial charge in [-0.1, -0.05) is 45.1 Å². The van der Waals surface area contributed by atoms with Crippen molar-refractivity contribution in [2.24, 2.45) is 0 Å². The molecule has 3 heteroatoms. The number of ether oxygens (including phenoxy) is 2. The van der Waals surface area contributed by atoms with Crippen molar-refractivity contribution >= 4 is 6.29 Å². The number of carbonyl (C=O) groups is 1. The summed E-state index contributed by atoms with van der Waals surface area (Å²) in [6.45, 7) is 2.87. The normalized spacial score (nSPS) is 10.2. The highest BCUT2D eigenvalue weighted by molar-refractivity contribution is 5.83. The van der Waals surface area contributed by atoms with Crippen molar-refractivity contribution in [1.82, 2.24) is 0 Å². The Balaban J connectivity index is 2.35. The van der Waals surface area contributed by atoms with Crippen molar-refractivity contribution in [3.8, 4) is 11.5 Å². The van der Waals surface area contributed by atoms with Crippen LogP contribution in [-0.4, -0.2) is 20.0 Å². The zero-order valence-corrected chi connectivity index (χ0v) is 12.0.